The van der Waals surface area contributed by atoms with Gasteiger partial charge in [0, 0.05) is 12.1 Å². The van der Waals surface area contributed by atoms with Crippen LogP contribution in [0.2, 0.25) is 0 Å². The molecular formula is C27H33F2N3O2. The zero-order valence-electron chi connectivity index (χ0n) is 19.7. The molecule has 7 rings (SSSR count). The first-order valence-corrected chi connectivity index (χ1v) is 13.1. The van der Waals surface area contributed by atoms with Crippen molar-refractivity contribution in [3.63, 3.8) is 0 Å². The molecule has 5 aliphatic carbocycles. The molecule has 9 atom stereocenters. The van der Waals surface area contributed by atoms with Crippen LogP contribution in [0.1, 0.15) is 58.3 Å². The van der Waals surface area contributed by atoms with Gasteiger partial charge in [0.2, 0.25) is 0 Å². The van der Waals surface area contributed by atoms with Crippen molar-refractivity contribution < 1.29 is 18.7 Å². The van der Waals surface area contributed by atoms with Crippen LogP contribution in [0.15, 0.2) is 24.5 Å². The fourth-order valence-corrected chi connectivity index (χ4v) is 9.61. The molecule has 0 saturated heterocycles. The van der Waals surface area contributed by atoms with Crippen LogP contribution in [0, 0.1) is 46.8 Å². The first-order chi connectivity index (χ1) is 16.2. The molecule has 34 heavy (non-hydrogen) atoms. The number of pyridine rings is 1. The van der Waals surface area contributed by atoms with E-state index in [1.165, 1.54) is 0 Å². The Morgan fingerprint density at radius 3 is 2.65 bits per heavy atom. The second kappa shape index (κ2) is 6.86. The molecular weight excluding hydrogens is 436 g/mol. The Balaban J connectivity index is 1.09. The average molecular weight is 470 g/mol. The maximum Gasteiger partial charge on any atom is 0.282 e. The molecule has 9 unspecified atom stereocenters. The minimum atomic E-state index is -2.89. The maximum atomic E-state index is 14.4. The predicted octanol–water partition coefficient (Wildman–Crippen LogP) is 4.88. The molecule has 2 heterocycles. The SMILES string of the molecule is CC12CCC3C4CCC5(O)C(C4CCC3C1CCC2C(=O)Cn1cc2ncccc2n1)C5(F)F. The molecule has 1 N–H and O–H groups in total. The Hall–Kier alpha value is -1.89. The van der Waals surface area contributed by atoms with E-state index >= 15 is 0 Å². The maximum absolute atomic E-state index is 14.4. The molecule has 182 valence electrons. The minimum Gasteiger partial charge on any atom is -0.383 e. The van der Waals surface area contributed by atoms with Crippen LogP contribution in [0.3, 0.4) is 0 Å². The number of hydrogen-bond acceptors (Lipinski definition) is 4. The highest BCUT2D eigenvalue weighted by Gasteiger charge is 2.84. The smallest absolute Gasteiger partial charge is 0.282 e. The lowest BCUT2D eigenvalue weighted by Crippen LogP contribution is -2.50. The molecule has 0 spiro atoms. The molecule has 0 aliphatic heterocycles. The summed E-state index contributed by atoms with van der Waals surface area (Å²) in [5.74, 6) is -1.58. The Kier molecular flexibility index (Phi) is 4.32. The van der Waals surface area contributed by atoms with Gasteiger partial charge in [-0.3, -0.25) is 14.5 Å². The molecule has 0 amide bonds. The number of rotatable bonds is 3. The van der Waals surface area contributed by atoms with Gasteiger partial charge in [-0.2, -0.15) is 5.10 Å². The molecule has 2 aromatic heterocycles. The van der Waals surface area contributed by atoms with E-state index in [-0.39, 0.29) is 36.0 Å². The largest absolute Gasteiger partial charge is 0.383 e. The highest BCUT2D eigenvalue weighted by Crippen LogP contribution is 2.73. The van der Waals surface area contributed by atoms with Gasteiger partial charge in [0.25, 0.3) is 5.92 Å². The summed E-state index contributed by atoms with van der Waals surface area (Å²) >= 11 is 0. The van der Waals surface area contributed by atoms with E-state index in [1.54, 1.807) is 10.9 Å². The van der Waals surface area contributed by atoms with E-state index in [0.29, 0.717) is 23.7 Å². The summed E-state index contributed by atoms with van der Waals surface area (Å²) in [6.07, 6.45) is 10.4. The van der Waals surface area contributed by atoms with Gasteiger partial charge in [0.15, 0.2) is 5.78 Å². The molecule has 2 aromatic rings. The second-order valence-corrected chi connectivity index (χ2v) is 12.3. The fraction of sp³-hybridized carbons (Fsp3) is 0.741. The molecule has 0 bridgehead atoms. The second-order valence-electron chi connectivity index (χ2n) is 12.3. The van der Waals surface area contributed by atoms with Crippen LogP contribution in [0.5, 0.6) is 0 Å². The van der Waals surface area contributed by atoms with E-state index in [0.717, 1.165) is 56.0 Å². The number of carbonyl (C=O) groups is 1. The first-order valence-electron chi connectivity index (χ1n) is 13.1. The monoisotopic (exact) mass is 469 g/mol. The normalized spacial score (nSPS) is 46.3. The lowest BCUT2D eigenvalue weighted by molar-refractivity contribution is -0.131. The number of aromatic nitrogens is 3. The Morgan fingerprint density at radius 1 is 1.06 bits per heavy atom. The molecule has 5 aliphatic rings. The van der Waals surface area contributed by atoms with E-state index in [9.17, 15) is 18.7 Å². The number of fused-ring (bicyclic) bond motifs is 8. The Morgan fingerprint density at radius 2 is 1.82 bits per heavy atom. The van der Waals surface area contributed by atoms with Gasteiger partial charge in [0.05, 0.1) is 18.7 Å². The van der Waals surface area contributed by atoms with Crippen LogP contribution in [-0.2, 0) is 11.3 Å². The number of alkyl halides is 2. The summed E-state index contributed by atoms with van der Waals surface area (Å²) in [4.78, 5) is 17.8. The van der Waals surface area contributed by atoms with Crippen molar-refractivity contribution >= 4 is 16.8 Å². The van der Waals surface area contributed by atoms with Crippen molar-refractivity contribution in [2.24, 2.45) is 46.8 Å². The summed E-state index contributed by atoms with van der Waals surface area (Å²) in [5, 5.41) is 15.0. The van der Waals surface area contributed by atoms with E-state index < -0.39 is 17.4 Å². The molecule has 5 nitrogen and oxygen atoms in total. The number of ketones is 1. The van der Waals surface area contributed by atoms with E-state index in [1.807, 2.05) is 18.3 Å². The quantitative estimate of drug-likeness (QED) is 0.696. The zero-order valence-corrected chi connectivity index (χ0v) is 19.7. The van der Waals surface area contributed by atoms with Gasteiger partial charge in [-0.1, -0.05) is 6.92 Å². The summed E-state index contributed by atoms with van der Waals surface area (Å²) in [6, 6.07) is 3.77. The lowest BCUT2D eigenvalue weighted by atomic mass is 9.49. The van der Waals surface area contributed by atoms with Gasteiger partial charge in [0.1, 0.15) is 16.6 Å². The number of aliphatic hydroxyl groups is 1. The highest BCUT2D eigenvalue weighted by atomic mass is 19.3. The average Bonchev–Trinajstić information content (AvgIpc) is 3.14. The van der Waals surface area contributed by atoms with Crippen LogP contribution in [0.4, 0.5) is 8.78 Å². The first kappa shape index (κ1) is 21.4. The standard InChI is InChI=1S/C27H33F2N3O2/c1-25-10-8-15-16-9-11-26(34)24(27(26,28)29)18(16)5-4-17(15)19(25)6-7-20(25)23(33)14-32-13-22-21(31-32)3-2-12-30-22/h2-3,12-13,15-20,24,34H,4-11,14H2,1H3. The zero-order chi connectivity index (χ0) is 23.5. The predicted molar refractivity (Wildman–Crippen MR) is 122 cm³/mol. The van der Waals surface area contributed by atoms with Crippen LogP contribution < -0.4 is 0 Å². The van der Waals surface area contributed by atoms with E-state index in [2.05, 4.69) is 17.0 Å². The number of hydrogen-bond donors (Lipinski definition) is 1. The van der Waals surface area contributed by atoms with E-state index in [4.69, 9.17) is 0 Å². The highest BCUT2D eigenvalue weighted by molar-refractivity contribution is 5.82. The van der Waals surface area contributed by atoms with Crippen LogP contribution in [-0.4, -0.2) is 37.2 Å². The fourth-order valence-electron chi connectivity index (χ4n) is 9.61. The molecule has 5 fully saturated rings. The molecule has 7 heteroatoms. The number of halogens is 2. The number of carbonyl (C=O) groups excluding carboxylic acids is 1. The van der Waals surface area contributed by atoms with Crippen LogP contribution in [0.25, 0.3) is 11.0 Å². The minimum absolute atomic E-state index is 0.00513. The summed E-state index contributed by atoms with van der Waals surface area (Å²) in [7, 11) is 0. The topological polar surface area (TPSA) is 68.0 Å². The van der Waals surface area contributed by atoms with Gasteiger partial charge in [-0.15, -0.1) is 0 Å². The van der Waals surface area contributed by atoms with Crippen molar-refractivity contribution in [3.8, 4) is 0 Å². The van der Waals surface area contributed by atoms with Crippen molar-refractivity contribution in [2.75, 3.05) is 0 Å². The van der Waals surface area contributed by atoms with Crippen LogP contribution >= 0.6 is 0 Å². The molecule has 0 aromatic carbocycles. The van der Waals surface area contributed by atoms with Crippen molar-refractivity contribution in [2.45, 2.75) is 76.4 Å². The molecule has 0 radical (unpaired) electrons. The van der Waals surface area contributed by atoms with Gasteiger partial charge < -0.3 is 5.11 Å². The van der Waals surface area contributed by atoms with Crippen molar-refractivity contribution in [1.29, 1.82) is 0 Å². The number of Topliss-reactive ketones (excluding diaryl/α,β-unsaturated/α-hetero) is 1. The van der Waals surface area contributed by atoms with Crippen molar-refractivity contribution in [1.82, 2.24) is 14.8 Å². The van der Waals surface area contributed by atoms with Gasteiger partial charge >= 0.3 is 0 Å². The Bertz CT molecular complexity index is 1130. The molecule has 5 saturated carbocycles. The Labute approximate surface area is 198 Å². The van der Waals surface area contributed by atoms with Gasteiger partial charge in [-0.25, -0.2) is 8.78 Å². The van der Waals surface area contributed by atoms with Gasteiger partial charge in [-0.05, 0) is 98.5 Å². The summed E-state index contributed by atoms with van der Waals surface area (Å²) in [6.45, 7) is 2.61. The number of nitrogens with zero attached hydrogens (tertiary/aromatic N) is 3. The summed E-state index contributed by atoms with van der Waals surface area (Å²) < 4.78 is 30.6. The van der Waals surface area contributed by atoms with Crippen molar-refractivity contribution in [3.05, 3.63) is 24.5 Å². The third-order valence-electron chi connectivity index (χ3n) is 11.1. The third kappa shape index (κ3) is 2.65. The lowest BCUT2D eigenvalue weighted by Gasteiger charge is -2.55. The summed E-state index contributed by atoms with van der Waals surface area (Å²) in [5.41, 5.74) is -0.108. The third-order valence-corrected chi connectivity index (χ3v) is 11.1.